The fraction of sp³-hybridized carbons (Fsp3) is 0.269. The van der Waals surface area contributed by atoms with Crippen LogP contribution in [0, 0.1) is 0 Å². The summed E-state index contributed by atoms with van der Waals surface area (Å²) in [5.41, 5.74) is 1.72. The average Bonchev–Trinajstić information content (AvgIpc) is 2.90. The molecule has 0 saturated carbocycles. The molecule has 0 radical (unpaired) electrons. The lowest BCUT2D eigenvalue weighted by molar-refractivity contribution is -0.121. The second kappa shape index (κ2) is 11.9. The number of rotatable bonds is 9. The number of carbonyl (C=O) groups excluding carboxylic acids is 1. The molecule has 1 fully saturated rings. The first-order chi connectivity index (χ1) is 17.4. The van der Waals surface area contributed by atoms with Crippen LogP contribution >= 0.6 is 0 Å². The van der Waals surface area contributed by atoms with Gasteiger partial charge in [-0.15, -0.1) is 0 Å². The summed E-state index contributed by atoms with van der Waals surface area (Å²) in [4.78, 5) is 25.2. The Morgan fingerprint density at radius 1 is 0.972 bits per heavy atom. The van der Waals surface area contributed by atoms with Crippen molar-refractivity contribution in [3.63, 3.8) is 0 Å². The largest absolute Gasteiger partial charge is 0.325 e. The Morgan fingerprint density at radius 2 is 1.64 bits per heavy atom. The van der Waals surface area contributed by atoms with Crippen LogP contribution in [-0.2, 0) is 14.8 Å². The van der Waals surface area contributed by atoms with Crippen molar-refractivity contribution in [2.45, 2.75) is 17.9 Å². The Balaban J connectivity index is 1.25. The van der Waals surface area contributed by atoms with Gasteiger partial charge in [0.05, 0.1) is 10.9 Å². The van der Waals surface area contributed by atoms with E-state index in [9.17, 15) is 13.2 Å². The van der Waals surface area contributed by atoms with Crippen molar-refractivity contribution in [3.8, 4) is 0 Å². The van der Waals surface area contributed by atoms with Crippen molar-refractivity contribution in [2.75, 3.05) is 42.8 Å². The second-order valence-electron chi connectivity index (χ2n) is 8.52. The summed E-state index contributed by atoms with van der Waals surface area (Å²) in [5.74, 6) is -0.130. The quantitative estimate of drug-likeness (QED) is 0.459. The zero-order valence-corrected chi connectivity index (χ0v) is 20.9. The fourth-order valence-electron chi connectivity index (χ4n) is 3.90. The number of carbonyl (C=O) groups is 1. The smallest absolute Gasteiger partial charge is 0.264 e. The Hall–Kier alpha value is -3.60. The highest BCUT2D eigenvalue weighted by Gasteiger charge is 2.25. The summed E-state index contributed by atoms with van der Waals surface area (Å²) in [6.07, 6.45) is 7.21. The Morgan fingerprint density at radius 3 is 2.31 bits per heavy atom. The van der Waals surface area contributed by atoms with Gasteiger partial charge < -0.3 is 5.32 Å². The summed E-state index contributed by atoms with van der Waals surface area (Å²) in [5, 5.41) is 2.89. The van der Waals surface area contributed by atoms with Crippen LogP contribution in [0.3, 0.4) is 0 Å². The lowest BCUT2D eigenvalue weighted by atomic mass is 10.2. The van der Waals surface area contributed by atoms with Crippen molar-refractivity contribution in [1.82, 2.24) is 19.8 Å². The molecule has 1 amide bonds. The van der Waals surface area contributed by atoms with E-state index in [1.807, 2.05) is 25.1 Å². The van der Waals surface area contributed by atoms with E-state index in [0.29, 0.717) is 5.69 Å². The number of nitrogens with zero attached hydrogens (tertiary/aromatic N) is 4. The molecule has 2 N–H and O–H groups in total. The molecule has 2 aromatic carbocycles. The van der Waals surface area contributed by atoms with Crippen molar-refractivity contribution in [1.29, 1.82) is 0 Å². The normalized spacial score (nSPS) is 16.0. The fourth-order valence-corrected chi connectivity index (χ4v) is 4.85. The molecule has 1 atom stereocenters. The van der Waals surface area contributed by atoms with E-state index in [2.05, 4.69) is 54.1 Å². The van der Waals surface area contributed by atoms with E-state index in [1.165, 1.54) is 30.1 Å². The molecular weight excluding hydrogens is 476 g/mol. The number of benzene rings is 2. The molecule has 1 unspecified atom stereocenters. The maximum Gasteiger partial charge on any atom is 0.264 e. The third kappa shape index (κ3) is 6.97. The van der Waals surface area contributed by atoms with Gasteiger partial charge in [-0.25, -0.2) is 23.1 Å². The molecule has 2 heterocycles. The van der Waals surface area contributed by atoms with Crippen molar-refractivity contribution < 1.29 is 13.2 Å². The zero-order valence-electron chi connectivity index (χ0n) is 20.1. The summed E-state index contributed by atoms with van der Waals surface area (Å²) >= 11 is 0. The first-order valence-electron chi connectivity index (χ1n) is 11.8. The van der Waals surface area contributed by atoms with E-state index in [4.69, 9.17) is 0 Å². The van der Waals surface area contributed by atoms with Gasteiger partial charge in [0.25, 0.3) is 10.0 Å². The molecule has 1 aromatic heterocycles. The van der Waals surface area contributed by atoms with Crippen molar-refractivity contribution in [3.05, 3.63) is 84.7 Å². The molecule has 0 spiro atoms. The predicted molar refractivity (Wildman–Crippen MR) is 141 cm³/mol. The third-order valence-corrected chi connectivity index (χ3v) is 7.38. The van der Waals surface area contributed by atoms with Crippen LogP contribution in [-0.4, -0.2) is 72.9 Å². The minimum atomic E-state index is -3.83. The Kier molecular flexibility index (Phi) is 8.42. The SMILES string of the molecule is CC(C(=O)Nc1ccc(S(=O)(=O)Nc2ncccn2)cc1)N1CCN(C/C=C/c2ccccc2)CC1. The van der Waals surface area contributed by atoms with Crippen LogP contribution in [0.4, 0.5) is 11.6 Å². The van der Waals surface area contributed by atoms with Crippen LogP contribution in [0.15, 0.2) is 84.0 Å². The lowest BCUT2D eigenvalue weighted by Gasteiger charge is -2.37. The standard InChI is InChI=1S/C26H30N6O3S/c1-21(32-19-17-31(18-20-32)16-5-9-22-7-3-2-4-8-22)25(33)29-23-10-12-24(13-11-23)36(34,35)30-26-27-14-6-15-28-26/h2-15,21H,16-20H2,1H3,(H,29,33)(H,27,28,30)/b9-5+. The molecule has 1 saturated heterocycles. The van der Waals surface area contributed by atoms with Gasteiger partial charge in [0.15, 0.2) is 0 Å². The van der Waals surface area contributed by atoms with Gasteiger partial charge in [-0.05, 0) is 42.8 Å². The van der Waals surface area contributed by atoms with Gasteiger partial charge in [0, 0.05) is 50.8 Å². The van der Waals surface area contributed by atoms with Gasteiger partial charge in [0.2, 0.25) is 11.9 Å². The first kappa shape index (κ1) is 25.5. The van der Waals surface area contributed by atoms with Crippen LogP contribution < -0.4 is 10.0 Å². The molecule has 10 heteroatoms. The molecule has 1 aliphatic rings. The molecule has 1 aliphatic heterocycles. The molecule has 3 aromatic rings. The molecular formula is C26H30N6O3S. The third-order valence-electron chi connectivity index (χ3n) is 6.03. The number of anilines is 2. The van der Waals surface area contributed by atoms with Gasteiger partial charge in [-0.1, -0.05) is 42.5 Å². The second-order valence-corrected chi connectivity index (χ2v) is 10.2. The van der Waals surface area contributed by atoms with E-state index in [0.717, 1.165) is 32.7 Å². The molecule has 188 valence electrons. The lowest BCUT2D eigenvalue weighted by Crippen LogP contribution is -2.52. The summed E-state index contributed by atoms with van der Waals surface area (Å²) < 4.78 is 27.4. The van der Waals surface area contributed by atoms with E-state index < -0.39 is 10.0 Å². The number of hydrogen-bond donors (Lipinski definition) is 2. The van der Waals surface area contributed by atoms with Gasteiger partial charge in [-0.3, -0.25) is 14.6 Å². The van der Waals surface area contributed by atoms with Crippen LogP contribution in [0.25, 0.3) is 6.08 Å². The van der Waals surface area contributed by atoms with Crippen molar-refractivity contribution in [2.24, 2.45) is 0 Å². The average molecular weight is 507 g/mol. The number of piperazine rings is 1. The molecule has 4 rings (SSSR count). The Labute approximate surface area is 211 Å². The summed E-state index contributed by atoms with van der Waals surface area (Å²) in [7, 11) is -3.83. The minimum Gasteiger partial charge on any atom is -0.325 e. The molecule has 9 nitrogen and oxygen atoms in total. The molecule has 0 aliphatic carbocycles. The molecule has 36 heavy (non-hydrogen) atoms. The Bertz CT molecular complexity index is 1260. The maximum atomic E-state index is 12.8. The van der Waals surface area contributed by atoms with E-state index in [-0.39, 0.29) is 22.8 Å². The predicted octanol–water partition coefficient (Wildman–Crippen LogP) is 2.94. The number of hydrogen-bond acceptors (Lipinski definition) is 7. The number of amides is 1. The summed E-state index contributed by atoms with van der Waals surface area (Å²) in [6, 6.07) is 17.5. The minimum absolute atomic E-state index is 0.00369. The van der Waals surface area contributed by atoms with Crippen LogP contribution in [0.5, 0.6) is 0 Å². The zero-order chi connectivity index (χ0) is 25.4. The number of nitrogens with one attached hydrogen (secondary N) is 2. The van der Waals surface area contributed by atoms with E-state index >= 15 is 0 Å². The first-order valence-corrected chi connectivity index (χ1v) is 13.3. The van der Waals surface area contributed by atoms with Crippen molar-refractivity contribution >= 4 is 33.6 Å². The summed E-state index contributed by atoms with van der Waals surface area (Å²) in [6.45, 7) is 6.16. The van der Waals surface area contributed by atoms with Gasteiger partial charge in [-0.2, -0.15) is 0 Å². The van der Waals surface area contributed by atoms with Crippen LogP contribution in [0.1, 0.15) is 12.5 Å². The molecule has 0 bridgehead atoms. The number of sulfonamides is 1. The monoisotopic (exact) mass is 506 g/mol. The highest BCUT2D eigenvalue weighted by Crippen LogP contribution is 2.17. The highest BCUT2D eigenvalue weighted by molar-refractivity contribution is 7.92. The number of aromatic nitrogens is 2. The van der Waals surface area contributed by atoms with Crippen LogP contribution in [0.2, 0.25) is 0 Å². The van der Waals surface area contributed by atoms with E-state index in [1.54, 1.807) is 18.2 Å². The van der Waals surface area contributed by atoms with Gasteiger partial charge in [0.1, 0.15) is 0 Å². The topological polar surface area (TPSA) is 108 Å². The maximum absolute atomic E-state index is 12.8. The highest BCUT2D eigenvalue weighted by atomic mass is 32.2. The van der Waals surface area contributed by atoms with Gasteiger partial charge >= 0.3 is 0 Å².